The quantitative estimate of drug-likeness (QED) is 0.641. The molecule has 3 aromatic rings. The molecule has 0 aliphatic carbocycles. The molecule has 0 bridgehead atoms. The lowest BCUT2D eigenvalue weighted by atomic mass is 10.1. The summed E-state index contributed by atoms with van der Waals surface area (Å²) in [4.78, 5) is 1.05. The molecule has 1 aliphatic rings. The van der Waals surface area contributed by atoms with Crippen LogP contribution in [0.1, 0.15) is 10.4 Å². The van der Waals surface area contributed by atoms with Crippen molar-refractivity contribution in [2.45, 2.75) is 0 Å². The summed E-state index contributed by atoms with van der Waals surface area (Å²) in [6.07, 6.45) is 0. The largest absolute Gasteiger partial charge is 0.245 e. The Hall–Kier alpha value is -2.57. The van der Waals surface area contributed by atoms with Gasteiger partial charge in [-0.15, -0.1) is 11.3 Å². The van der Waals surface area contributed by atoms with Crippen LogP contribution in [0.4, 0.5) is 5.69 Å². The van der Waals surface area contributed by atoms with Crippen LogP contribution in [0.15, 0.2) is 54.6 Å². The number of benzene rings is 2. The Morgan fingerprint density at radius 2 is 1.80 bits per heavy atom. The molecule has 0 unspecified atom stereocenters. The summed E-state index contributed by atoms with van der Waals surface area (Å²) in [6.45, 7) is 0. The molecule has 2 heterocycles. The van der Waals surface area contributed by atoms with Gasteiger partial charge in [-0.05, 0) is 23.6 Å². The molecule has 93 valence electrons. The van der Waals surface area contributed by atoms with Gasteiger partial charge in [0.25, 0.3) is 0 Å². The predicted octanol–water partition coefficient (Wildman–Crippen LogP) is 4.54. The summed E-state index contributed by atoms with van der Waals surface area (Å²) < 4.78 is 1.22. The summed E-state index contributed by atoms with van der Waals surface area (Å²) >= 11 is 1.68. The molecule has 1 aliphatic heterocycles. The zero-order valence-electron chi connectivity index (χ0n) is 10.5. The first-order valence-electron chi connectivity index (χ1n) is 6.31. The molecular weight excluding hydrogens is 264 g/mol. The van der Waals surface area contributed by atoms with Crippen molar-refractivity contribution in [2.24, 2.45) is 0 Å². The second-order valence-electron chi connectivity index (χ2n) is 4.61. The minimum absolute atomic E-state index is 0.673. The second kappa shape index (κ2) is 4.22. The van der Waals surface area contributed by atoms with Crippen LogP contribution in [0.25, 0.3) is 21.4 Å². The highest BCUT2D eigenvalue weighted by Gasteiger charge is 2.24. The van der Waals surface area contributed by atoms with E-state index in [9.17, 15) is 5.26 Å². The standard InChI is InChI=1S/C17H9N2S/c18-10-13-12-6-2-3-7-14(12)19-17(13)16-9-11-5-1-4-8-15(11)20-16/h1-9H. The lowest BCUT2D eigenvalue weighted by molar-refractivity contribution is 1.25. The predicted molar refractivity (Wildman–Crippen MR) is 82.5 cm³/mol. The number of allylic oxidation sites excluding steroid dienone is 1. The van der Waals surface area contributed by atoms with Gasteiger partial charge in [0, 0.05) is 10.3 Å². The molecule has 3 heteroatoms. The molecule has 4 rings (SSSR count). The Morgan fingerprint density at radius 3 is 2.65 bits per heavy atom. The number of hydrogen-bond acceptors (Lipinski definition) is 2. The molecular formula is C17H9N2S. The van der Waals surface area contributed by atoms with E-state index in [1.807, 2.05) is 36.4 Å². The van der Waals surface area contributed by atoms with E-state index >= 15 is 0 Å². The molecule has 0 saturated heterocycles. The van der Waals surface area contributed by atoms with Crippen molar-refractivity contribution in [3.05, 3.63) is 65.0 Å². The number of hydrogen-bond donors (Lipinski definition) is 0. The molecule has 2 aromatic carbocycles. The van der Waals surface area contributed by atoms with E-state index in [-0.39, 0.29) is 0 Å². The van der Waals surface area contributed by atoms with Crippen LogP contribution in [-0.4, -0.2) is 0 Å². The van der Waals surface area contributed by atoms with Crippen LogP contribution >= 0.6 is 11.3 Å². The van der Waals surface area contributed by atoms with Gasteiger partial charge in [-0.3, -0.25) is 0 Å². The van der Waals surface area contributed by atoms with Crippen LogP contribution in [0.5, 0.6) is 0 Å². The van der Waals surface area contributed by atoms with E-state index < -0.39 is 0 Å². The first-order valence-corrected chi connectivity index (χ1v) is 7.13. The van der Waals surface area contributed by atoms with E-state index in [4.69, 9.17) is 0 Å². The van der Waals surface area contributed by atoms with Gasteiger partial charge in [-0.1, -0.05) is 36.4 Å². The Morgan fingerprint density at radius 1 is 1.00 bits per heavy atom. The van der Waals surface area contributed by atoms with Gasteiger partial charge in [-0.2, -0.15) is 5.26 Å². The summed E-state index contributed by atoms with van der Waals surface area (Å²) in [6, 6.07) is 20.5. The van der Waals surface area contributed by atoms with E-state index in [0.29, 0.717) is 5.57 Å². The highest BCUT2D eigenvalue weighted by molar-refractivity contribution is 7.20. The molecule has 0 saturated carbocycles. The van der Waals surface area contributed by atoms with Crippen LogP contribution in [-0.2, 0) is 0 Å². The van der Waals surface area contributed by atoms with Crippen molar-refractivity contribution in [3.63, 3.8) is 0 Å². The number of rotatable bonds is 1. The maximum absolute atomic E-state index is 9.46. The van der Waals surface area contributed by atoms with Gasteiger partial charge < -0.3 is 0 Å². The summed E-state index contributed by atoms with van der Waals surface area (Å²) in [7, 11) is 0. The zero-order chi connectivity index (χ0) is 13.5. The Balaban J connectivity index is 1.92. The first-order chi connectivity index (χ1) is 9.86. The SMILES string of the molecule is N#CC1=C(c2cc3ccccc3s2)[N]c2ccccc21. The van der Waals surface area contributed by atoms with Gasteiger partial charge in [0.15, 0.2) is 0 Å². The van der Waals surface area contributed by atoms with Crippen molar-refractivity contribution in [3.8, 4) is 6.07 Å². The van der Waals surface area contributed by atoms with E-state index in [1.54, 1.807) is 11.3 Å². The van der Waals surface area contributed by atoms with E-state index in [1.165, 1.54) is 10.1 Å². The molecule has 0 spiro atoms. The maximum Gasteiger partial charge on any atom is 0.102 e. The Bertz CT molecular complexity index is 863. The Labute approximate surface area is 120 Å². The molecule has 0 atom stereocenters. The van der Waals surface area contributed by atoms with Crippen LogP contribution in [0, 0.1) is 11.3 Å². The monoisotopic (exact) mass is 273 g/mol. The van der Waals surface area contributed by atoms with Crippen LogP contribution in [0.3, 0.4) is 0 Å². The molecule has 0 fully saturated rings. The lowest BCUT2D eigenvalue weighted by Crippen LogP contribution is -1.89. The smallest absolute Gasteiger partial charge is 0.102 e. The highest BCUT2D eigenvalue weighted by Crippen LogP contribution is 2.41. The summed E-state index contributed by atoms with van der Waals surface area (Å²) in [5, 5.41) is 15.3. The minimum Gasteiger partial charge on any atom is -0.245 e. The lowest BCUT2D eigenvalue weighted by Gasteiger charge is -1.97. The third-order valence-corrected chi connectivity index (χ3v) is 4.54. The molecule has 2 nitrogen and oxygen atoms in total. The maximum atomic E-state index is 9.46. The average molecular weight is 273 g/mol. The third-order valence-electron chi connectivity index (χ3n) is 3.41. The molecule has 1 radical (unpaired) electrons. The average Bonchev–Trinajstić information content (AvgIpc) is 3.07. The zero-order valence-corrected chi connectivity index (χ0v) is 11.3. The normalized spacial score (nSPS) is 13.2. The second-order valence-corrected chi connectivity index (χ2v) is 5.70. The molecule has 0 amide bonds. The number of nitrogens with zero attached hydrogens (tertiary/aromatic N) is 2. The van der Waals surface area contributed by atoms with Crippen molar-refractivity contribution >= 4 is 38.4 Å². The van der Waals surface area contributed by atoms with Crippen molar-refractivity contribution in [1.82, 2.24) is 5.32 Å². The summed E-state index contributed by atoms with van der Waals surface area (Å²) in [5.41, 5.74) is 3.29. The fourth-order valence-electron chi connectivity index (χ4n) is 2.48. The Kier molecular flexibility index (Phi) is 2.38. The van der Waals surface area contributed by atoms with Gasteiger partial charge >= 0.3 is 0 Å². The fourth-order valence-corrected chi connectivity index (χ4v) is 3.54. The minimum atomic E-state index is 0.673. The summed E-state index contributed by atoms with van der Waals surface area (Å²) in [5.74, 6) is 0. The molecule has 0 N–H and O–H groups in total. The molecule has 1 aromatic heterocycles. The molecule has 20 heavy (non-hydrogen) atoms. The number of nitriles is 1. The van der Waals surface area contributed by atoms with Crippen molar-refractivity contribution < 1.29 is 0 Å². The number of thiophene rings is 1. The van der Waals surface area contributed by atoms with Crippen LogP contribution < -0.4 is 5.32 Å². The third kappa shape index (κ3) is 1.56. The van der Waals surface area contributed by atoms with Crippen molar-refractivity contribution in [2.75, 3.05) is 0 Å². The fraction of sp³-hybridized carbons (Fsp3) is 0. The van der Waals surface area contributed by atoms with Gasteiger partial charge in [0.1, 0.15) is 6.07 Å². The van der Waals surface area contributed by atoms with Gasteiger partial charge in [0.05, 0.1) is 21.8 Å². The van der Waals surface area contributed by atoms with Gasteiger partial charge in [0.2, 0.25) is 0 Å². The van der Waals surface area contributed by atoms with Gasteiger partial charge in [-0.25, -0.2) is 5.32 Å². The van der Waals surface area contributed by atoms with E-state index in [2.05, 4.69) is 29.6 Å². The van der Waals surface area contributed by atoms with Crippen molar-refractivity contribution in [1.29, 1.82) is 5.26 Å². The highest BCUT2D eigenvalue weighted by atomic mass is 32.1. The number of para-hydroxylation sites is 1. The van der Waals surface area contributed by atoms with E-state index in [0.717, 1.165) is 21.8 Å². The van der Waals surface area contributed by atoms with Crippen LogP contribution in [0.2, 0.25) is 0 Å². The first kappa shape index (κ1) is 11.3. The topological polar surface area (TPSA) is 37.9 Å². The number of fused-ring (bicyclic) bond motifs is 2.